The monoisotopic (exact) mass is 408 g/mol. The summed E-state index contributed by atoms with van der Waals surface area (Å²) in [6.07, 6.45) is 1.87. The van der Waals surface area contributed by atoms with Crippen LogP contribution >= 0.6 is 0 Å². The predicted octanol–water partition coefficient (Wildman–Crippen LogP) is 3.70. The van der Waals surface area contributed by atoms with Crippen molar-refractivity contribution in [2.75, 3.05) is 5.32 Å². The van der Waals surface area contributed by atoms with Crippen LogP contribution in [0, 0.1) is 0 Å². The van der Waals surface area contributed by atoms with Gasteiger partial charge in [-0.3, -0.25) is 13.9 Å². The van der Waals surface area contributed by atoms with Gasteiger partial charge in [-0.1, -0.05) is 54.6 Å². The van der Waals surface area contributed by atoms with E-state index < -0.39 is 0 Å². The molecule has 0 bridgehead atoms. The molecule has 0 aliphatic carbocycles. The molecule has 0 saturated heterocycles. The molecule has 3 aromatic carbocycles. The molecule has 5 aromatic rings. The van der Waals surface area contributed by atoms with Crippen LogP contribution < -0.4 is 16.6 Å². The summed E-state index contributed by atoms with van der Waals surface area (Å²) >= 11 is 0. The largest absolute Gasteiger partial charge is 0.371 e. The van der Waals surface area contributed by atoms with Crippen LogP contribution in [0.4, 0.5) is 5.69 Å². The molecule has 3 heterocycles. The average molecular weight is 408 g/mol. The third-order valence-corrected chi connectivity index (χ3v) is 6.33. The Hall–Kier alpha value is -4.06. The third kappa shape index (κ3) is 2.33. The van der Waals surface area contributed by atoms with Crippen LogP contribution in [0.15, 0.2) is 82.5 Å². The van der Waals surface area contributed by atoms with E-state index in [1.165, 1.54) is 11.6 Å². The molecule has 1 atom stereocenters. The summed E-state index contributed by atoms with van der Waals surface area (Å²) in [5.74, 6) is 0. The molecule has 6 heteroatoms. The molecule has 2 aromatic heterocycles. The molecule has 6 rings (SSSR count). The van der Waals surface area contributed by atoms with Crippen LogP contribution in [0.1, 0.15) is 17.3 Å². The Morgan fingerprint density at radius 1 is 0.806 bits per heavy atom. The first-order valence-electron chi connectivity index (χ1n) is 10.2. The van der Waals surface area contributed by atoms with Gasteiger partial charge in [0.2, 0.25) is 0 Å². The molecule has 0 unspecified atom stereocenters. The van der Waals surface area contributed by atoms with Crippen LogP contribution in [-0.2, 0) is 14.1 Å². The zero-order valence-electron chi connectivity index (χ0n) is 17.2. The second kappa shape index (κ2) is 6.22. The first-order chi connectivity index (χ1) is 15.1. The Labute approximate surface area is 177 Å². The molecule has 0 saturated carbocycles. The van der Waals surface area contributed by atoms with Crippen LogP contribution in [0.3, 0.4) is 0 Å². The fraction of sp³-hybridized carbons (Fsp3) is 0.120. The Bertz CT molecular complexity index is 1630. The van der Waals surface area contributed by atoms with Gasteiger partial charge in [-0.15, -0.1) is 0 Å². The van der Waals surface area contributed by atoms with Crippen LogP contribution in [0.5, 0.6) is 0 Å². The van der Waals surface area contributed by atoms with Crippen molar-refractivity contribution in [2.24, 2.45) is 14.1 Å². The second-order valence-corrected chi connectivity index (χ2v) is 8.02. The minimum atomic E-state index is -0.331. The van der Waals surface area contributed by atoms with Crippen molar-refractivity contribution in [3.8, 4) is 5.69 Å². The highest BCUT2D eigenvalue weighted by molar-refractivity contribution is 5.91. The quantitative estimate of drug-likeness (QED) is 0.460. The number of para-hydroxylation sites is 2. The molecule has 0 spiro atoms. The summed E-state index contributed by atoms with van der Waals surface area (Å²) in [6, 6.07) is 22.3. The molecular weight excluding hydrogens is 388 g/mol. The van der Waals surface area contributed by atoms with E-state index in [0.717, 1.165) is 33.4 Å². The Balaban J connectivity index is 1.78. The summed E-state index contributed by atoms with van der Waals surface area (Å²) in [4.78, 5) is 25.8. The number of fused-ring (bicyclic) bond motifs is 6. The van der Waals surface area contributed by atoms with Crippen molar-refractivity contribution >= 4 is 27.4 Å². The number of aromatic nitrogens is 3. The molecule has 1 aliphatic rings. The van der Waals surface area contributed by atoms with E-state index in [-0.39, 0.29) is 17.3 Å². The predicted molar refractivity (Wildman–Crippen MR) is 123 cm³/mol. The third-order valence-electron chi connectivity index (χ3n) is 6.33. The standard InChI is InChI=1S/C25H20N4O2/c1-27-22-18(24(30)28(2)25(27)31)14-29-20-13-6-5-12-19(20)26-21(23(22)29)17-11-7-9-15-8-3-4-10-16(15)17/h3-14,21,26H,1-2H3/t21-/m1/s1. The zero-order valence-corrected chi connectivity index (χ0v) is 17.2. The van der Waals surface area contributed by atoms with Gasteiger partial charge in [-0.25, -0.2) is 4.79 Å². The van der Waals surface area contributed by atoms with Gasteiger partial charge >= 0.3 is 5.69 Å². The van der Waals surface area contributed by atoms with Crippen molar-refractivity contribution in [3.63, 3.8) is 0 Å². The summed E-state index contributed by atoms with van der Waals surface area (Å²) < 4.78 is 4.81. The van der Waals surface area contributed by atoms with Crippen LogP contribution in [-0.4, -0.2) is 13.7 Å². The zero-order chi connectivity index (χ0) is 21.3. The Morgan fingerprint density at radius 3 is 2.42 bits per heavy atom. The lowest BCUT2D eigenvalue weighted by molar-refractivity contribution is 0.708. The number of aryl methyl sites for hydroxylation is 1. The molecule has 152 valence electrons. The molecule has 1 aliphatic heterocycles. The molecular formula is C25H20N4O2. The van der Waals surface area contributed by atoms with Crippen molar-refractivity contribution in [2.45, 2.75) is 6.04 Å². The number of anilines is 1. The summed E-state index contributed by atoms with van der Waals surface area (Å²) in [5.41, 5.74) is 3.98. The van der Waals surface area contributed by atoms with E-state index in [1.54, 1.807) is 11.6 Å². The van der Waals surface area contributed by atoms with Crippen molar-refractivity contribution < 1.29 is 0 Å². The van der Waals surface area contributed by atoms with Gasteiger partial charge in [-0.2, -0.15) is 0 Å². The summed E-state index contributed by atoms with van der Waals surface area (Å²) in [6.45, 7) is 0. The van der Waals surface area contributed by atoms with E-state index in [9.17, 15) is 9.59 Å². The van der Waals surface area contributed by atoms with Crippen LogP contribution in [0.2, 0.25) is 0 Å². The molecule has 6 nitrogen and oxygen atoms in total. The maximum Gasteiger partial charge on any atom is 0.331 e. The fourth-order valence-electron chi connectivity index (χ4n) is 4.84. The number of rotatable bonds is 1. The highest BCUT2D eigenvalue weighted by atomic mass is 16.2. The first kappa shape index (κ1) is 17.8. The molecule has 0 amide bonds. The smallest absolute Gasteiger partial charge is 0.331 e. The molecule has 0 radical (unpaired) electrons. The lowest BCUT2D eigenvalue weighted by atomic mass is 9.94. The lowest BCUT2D eigenvalue weighted by Crippen LogP contribution is -2.37. The molecule has 31 heavy (non-hydrogen) atoms. The van der Waals surface area contributed by atoms with Gasteiger partial charge in [0.15, 0.2) is 0 Å². The van der Waals surface area contributed by atoms with Crippen LogP contribution in [0.25, 0.3) is 27.4 Å². The SMILES string of the molecule is Cn1c(=O)c2cn3c(c2n(C)c1=O)[C@@H](c1cccc2ccccc12)Nc1ccccc1-3. The normalized spacial score (nSPS) is 15.0. The fourth-order valence-corrected chi connectivity index (χ4v) is 4.84. The second-order valence-electron chi connectivity index (χ2n) is 8.02. The molecule has 1 N–H and O–H groups in total. The number of nitrogens with zero attached hydrogens (tertiary/aromatic N) is 3. The van der Waals surface area contributed by atoms with E-state index in [4.69, 9.17) is 0 Å². The van der Waals surface area contributed by atoms with Gasteiger partial charge in [0.05, 0.1) is 34.0 Å². The highest BCUT2D eigenvalue weighted by Crippen LogP contribution is 2.41. The number of hydrogen-bond donors (Lipinski definition) is 1. The topological polar surface area (TPSA) is 61.0 Å². The van der Waals surface area contributed by atoms with Crippen molar-refractivity contribution in [3.05, 3.63) is 105 Å². The van der Waals surface area contributed by atoms with E-state index in [1.807, 2.05) is 48.7 Å². The lowest BCUT2D eigenvalue weighted by Gasteiger charge is -2.31. The Morgan fingerprint density at radius 2 is 1.55 bits per heavy atom. The van der Waals surface area contributed by atoms with E-state index in [0.29, 0.717) is 10.9 Å². The van der Waals surface area contributed by atoms with E-state index in [2.05, 4.69) is 34.1 Å². The minimum Gasteiger partial charge on any atom is -0.371 e. The van der Waals surface area contributed by atoms with Gasteiger partial charge < -0.3 is 9.88 Å². The average Bonchev–Trinajstić information content (AvgIpc) is 3.22. The van der Waals surface area contributed by atoms with E-state index >= 15 is 0 Å². The number of benzene rings is 3. The van der Waals surface area contributed by atoms with Gasteiger partial charge in [0.25, 0.3) is 5.56 Å². The maximum atomic E-state index is 13.0. The van der Waals surface area contributed by atoms with Crippen molar-refractivity contribution in [1.82, 2.24) is 13.7 Å². The van der Waals surface area contributed by atoms with Gasteiger partial charge in [0, 0.05) is 20.3 Å². The van der Waals surface area contributed by atoms with Gasteiger partial charge in [0.1, 0.15) is 0 Å². The summed E-state index contributed by atoms with van der Waals surface area (Å²) in [5, 5.41) is 6.49. The first-order valence-corrected chi connectivity index (χ1v) is 10.2. The minimum absolute atomic E-state index is 0.226. The van der Waals surface area contributed by atoms with Gasteiger partial charge in [-0.05, 0) is 28.5 Å². The maximum absolute atomic E-state index is 13.0. The number of hydrogen-bond acceptors (Lipinski definition) is 3. The van der Waals surface area contributed by atoms with Crippen molar-refractivity contribution in [1.29, 1.82) is 0 Å². The Kier molecular flexibility index (Phi) is 3.56. The molecule has 0 fully saturated rings. The highest BCUT2D eigenvalue weighted by Gasteiger charge is 2.31. The number of nitrogens with one attached hydrogen (secondary N) is 1. The summed E-state index contributed by atoms with van der Waals surface area (Å²) in [7, 11) is 3.25.